The van der Waals surface area contributed by atoms with E-state index in [2.05, 4.69) is 12.2 Å². The highest BCUT2D eigenvalue weighted by Crippen LogP contribution is 2.33. The molecule has 0 unspecified atom stereocenters. The first kappa shape index (κ1) is 25.1. The first-order valence-corrected chi connectivity index (χ1v) is 11.7. The molecule has 0 aliphatic carbocycles. The maximum Gasteiger partial charge on any atom is 0.253 e. The van der Waals surface area contributed by atoms with Crippen molar-refractivity contribution < 1.29 is 14.3 Å². The van der Waals surface area contributed by atoms with Crippen LogP contribution < -0.4 is 20.5 Å². The van der Waals surface area contributed by atoms with Gasteiger partial charge >= 0.3 is 0 Å². The number of nitrogens with two attached hydrogens (primary N) is 1. The molecule has 5 nitrogen and oxygen atoms in total. The number of methoxy groups -OCH3 is 1. The third-order valence-corrected chi connectivity index (χ3v) is 5.61. The quantitative estimate of drug-likeness (QED) is 0.264. The summed E-state index contributed by atoms with van der Waals surface area (Å²) in [5, 5.41) is 2.92. The average Bonchev–Trinajstić information content (AvgIpc) is 2.80. The Hall–Kier alpha value is -3.12. The van der Waals surface area contributed by atoms with Crippen molar-refractivity contribution in [3.05, 3.63) is 83.1 Å². The number of allylic oxidation sites excluding steroid dienone is 4. The van der Waals surface area contributed by atoms with Gasteiger partial charge in [0.15, 0.2) is 0 Å². The van der Waals surface area contributed by atoms with E-state index in [0.29, 0.717) is 29.3 Å². The number of carbonyl (C=O) groups excluding carboxylic acids is 1. The van der Waals surface area contributed by atoms with E-state index in [9.17, 15) is 4.79 Å². The summed E-state index contributed by atoms with van der Waals surface area (Å²) in [5.74, 6) is 1.99. The van der Waals surface area contributed by atoms with Crippen molar-refractivity contribution >= 4 is 17.7 Å². The van der Waals surface area contributed by atoms with E-state index in [1.165, 1.54) is 5.57 Å². The number of carbonyl (C=O) groups is 1. The molecule has 2 aromatic carbocycles. The predicted molar refractivity (Wildman–Crippen MR) is 133 cm³/mol. The summed E-state index contributed by atoms with van der Waals surface area (Å²) in [6, 6.07) is 13.3. The molecule has 0 heterocycles. The zero-order chi connectivity index (χ0) is 23.5. The maximum atomic E-state index is 12.6. The van der Waals surface area contributed by atoms with Crippen LogP contribution >= 0.6 is 11.8 Å². The highest BCUT2D eigenvalue weighted by molar-refractivity contribution is 7.98. The van der Waals surface area contributed by atoms with Crippen LogP contribution in [0.1, 0.15) is 32.8 Å². The molecule has 0 aliphatic heterocycles. The molecular weight excluding hydrogens is 420 g/mol. The van der Waals surface area contributed by atoms with Gasteiger partial charge in [-0.3, -0.25) is 4.79 Å². The summed E-state index contributed by atoms with van der Waals surface area (Å²) >= 11 is 1.62. The topological polar surface area (TPSA) is 73.6 Å². The van der Waals surface area contributed by atoms with E-state index in [1.807, 2.05) is 67.8 Å². The molecule has 0 aromatic heterocycles. The van der Waals surface area contributed by atoms with Gasteiger partial charge in [-0.05, 0) is 62.4 Å². The van der Waals surface area contributed by atoms with Gasteiger partial charge in [-0.2, -0.15) is 0 Å². The number of nitrogens with one attached hydrogen (secondary N) is 1. The molecule has 1 amide bonds. The minimum atomic E-state index is -0.204. The van der Waals surface area contributed by atoms with Crippen molar-refractivity contribution in [3.63, 3.8) is 0 Å². The monoisotopic (exact) mass is 452 g/mol. The van der Waals surface area contributed by atoms with Crippen LogP contribution in [0, 0.1) is 0 Å². The molecule has 0 saturated carbocycles. The fourth-order valence-corrected chi connectivity index (χ4v) is 3.33. The molecule has 0 radical (unpaired) electrons. The number of benzene rings is 2. The molecular formula is C26H32N2O3S. The van der Waals surface area contributed by atoms with Crippen LogP contribution in [0.4, 0.5) is 0 Å². The number of amides is 1. The SMILES string of the molecule is CCC(C)=C/C=C\C(C(=O)NCc1ccc(Oc2ccc(SC)c(OC)c2)cc1)=C(/C)N. The molecule has 6 heteroatoms. The van der Waals surface area contributed by atoms with Gasteiger partial charge in [-0.15, -0.1) is 11.8 Å². The van der Waals surface area contributed by atoms with Crippen LogP contribution in [0.15, 0.2) is 82.4 Å². The molecule has 0 spiro atoms. The Kier molecular flexibility index (Phi) is 9.95. The van der Waals surface area contributed by atoms with Gasteiger partial charge in [0, 0.05) is 23.2 Å². The summed E-state index contributed by atoms with van der Waals surface area (Å²) in [6.45, 7) is 6.25. The van der Waals surface area contributed by atoms with Gasteiger partial charge in [0.25, 0.3) is 5.91 Å². The second-order valence-electron chi connectivity index (χ2n) is 7.27. The average molecular weight is 453 g/mol. The van der Waals surface area contributed by atoms with E-state index in [4.69, 9.17) is 15.2 Å². The maximum absolute atomic E-state index is 12.6. The molecule has 0 fully saturated rings. The van der Waals surface area contributed by atoms with Crippen LogP contribution in [0.3, 0.4) is 0 Å². The molecule has 32 heavy (non-hydrogen) atoms. The molecule has 0 atom stereocenters. The van der Waals surface area contributed by atoms with E-state index in [0.717, 1.165) is 22.6 Å². The number of hydrogen-bond donors (Lipinski definition) is 2. The molecule has 170 valence electrons. The third-order valence-electron chi connectivity index (χ3n) is 4.84. The van der Waals surface area contributed by atoms with Gasteiger partial charge in [0.1, 0.15) is 17.2 Å². The smallest absolute Gasteiger partial charge is 0.253 e. The summed E-state index contributed by atoms with van der Waals surface area (Å²) < 4.78 is 11.3. The number of ether oxygens (including phenoxy) is 2. The summed E-state index contributed by atoms with van der Waals surface area (Å²) in [7, 11) is 1.65. The van der Waals surface area contributed by atoms with Crippen LogP contribution in [-0.2, 0) is 11.3 Å². The Balaban J connectivity index is 1.99. The molecule has 0 saturated heterocycles. The van der Waals surface area contributed by atoms with E-state index in [1.54, 1.807) is 31.9 Å². The van der Waals surface area contributed by atoms with Crippen molar-refractivity contribution in [1.29, 1.82) is 0 Å². The minimum absolute atomic E-state index is 0.204. The molecule has 0 bridgehead atoms. The zero-order valence-corrected chi connectivity index (χ0v) is 20.2. The fourth-order valence-electron chi connectivity index (χ4n) is 2.78. The van der Waals surface area contributed by atoms with Crippen LogP contribution in [0.5, 0.6) is 17.2 Å². The van der Waals surface area contributed by atoms with E-state index >= 15 is 0 Å². The molecule has 2 rings (SSSR count). The largest absolute Gasteiger partial charge is 0.495 e. The second kappa shape index (κ2) is 12.7. The standard InChI is InChI=1S/C26H32N2O3S/c1-6-18(2)8-7-9-23(19(3)27)26(29)28-17-20-10-12-21(13-11-20)31-22-14-15-25(32-5)24(16-22)30-4/h7-16H,6,17,27H2,1-5H3,(H,28,29)/b9-7-,18-8?,23-19-. The lowest BCUT2D eigenvalue weighted by atomic mass is 10.1. The number of rotatable bonds is 10. The Morgan fingerprint density at radius 1 is 1.12 bits per heavy atom. The normalized spacial score (nSPS) is 12.5. The van der Waals surface area contributed by atoms with E-state index in [-0.39, 0.29) is 5.91 Å². The van der Waals surface area contributed by atoms with Gasteiger partial charge in [-0.1, -0.05) is 36.8 Å². The van der Waals surface area contributed by atoms with Gasteiger partial charge < -0.3 is 20.5 Å². The fraction of sp³-hybridized carbons (Fsp3) is 0.269. The van der Waals surface area contributed by atoms with Crippen molar-refractivity contribution in [3.8, 4) is 17.2 Å². The highest BCUT2D eigenvalue weighted by Gasteiger charge is 2.09. The van der Waals surface area contributed by atoms with Crippen LogP contribution in [0.2, 0.25) is 0 Å². The summed E-state index contributed by atoms with van der Waals surface area (Å²) in [6.07, 6.45) is 8.56. The Bertz CT molecular complexity index is 1000. The summed E-state index contributed by atoms with van der Waals surface area (Å²) in [4.78, 5) is 13.6. The number of thioether (sulfide) groups is 1. The first-order valence-electron chi connectivity index (χ1n) is 10.4. The van der Waals surface area contributed by atoms with Crippen LogP contribution in [-0.4, -0.2) is 19.3 Å². The zero-order valence-electron chi connectivity index (χ0n) is 19.4. The minimum Gasteiger partial charge on any atom is -0.495 e. The molecule has 3 N–H and O–H groups in total. The lowest BCUT2D eigenvalue weighted by Crippen LogP contribution is -2.25. The highest BCUT2D eigenvalue weighted by atomic mass is 32.2. The van der Waals surface area contributed by atoms with Gasteiger partial charge in [0.2, 0.25) is 0 Å². The van der Waals surface area contributed by atoms with Gasteiger partial charge in [-0.25, -0.2) is 0 Å². The van der Waals surface area contributed by atoms with Gasteiger partial charge in [0.05, 0.1) is 12.7 Å². The summed E-state index contributed by atoms with van der Waals surface area (Å²) in [5.41, 5.74) is 9.05. The van der Waals surface area contributed by atoms with E-state index < -0.39 is 0 Å². The third kappa shape index (κ3) is 7.54. The Morgan fingerprint density at radius 3 is 2.41 bits per heavy atom. The Labute approximate surface area is 195 Å². The van der Waals surface area contributed by atoms with Crippen molar-refractivity contribution in [1.82, 2.24) is 5.32 Å². The number of hydrogen-bond acceptors (Lipinski definition) is 5. The lowest BCUT2D eigenvalue weighted by molar-refractivity contribution is -0.117. The van der Waals surface area contributed by atoms with Crippen molar-refractivity contribution in [2.45, 2.75) is 38.6 Å². The first-order chi connectivity index (χ1) is 15.4. The second-order valence-corrected chi connectivity index (χ2v) is 8.12. The lowest BCUT2D eigenvalue weighted by Gasteiger charge is -2.11. The molecule has 0 aliphatic rings. The van der Waals surface area contributed by atoms with Crippen LogP contribution in [0.25, 0.3) is 0 Å². The van der Waals surface area contributed by atoms with Crippen molar-refractivity contribution in [2.75, 3.05) is 13.4 Å². The Morgan fingerprint density at radius 2 is 1.81 bits per heavy atom. The predicted octanol–water partition coefficient (Wildman–Crippen LogP) is 5.97. The van der Waals surface area contributed by atoms with Crippen molar-refractivity contribution in [2.24, 2.45) is 5.73 Å². The molecule has 2 aromatic rings.